The lowest BCUT2D eigenvalue weighted by atomic mass is 10.1. The minimum Gasteiger partial charge on any atom is -0.481 e. The minimum atomic E-state index is -0.753. The van der Waals surface area contributed by atoms with Gasteiger partial charge in [-0.1, -0.05) is 28.9 Å². The largest absolute Gasteiger partial charge is 0.481 e. The SMILES string of the molecule is CC(Cc1cc2ccc(Br)cc2n1C)C(=O)O. The average Bonchev–Trinajstić information content (AvgIpc) is 2.56. The first-order valence-electron chi connectivity index (χ1n) is 5.45. The van der Waals surface area contributed by atoms with Crippen LogP contribution in [-0.4, -0.2) is 15.6 Å². The molecule has 0 spiro atoms. The van der Waals surface area contributed by atoms with Gasteiger partial charge in [-0.15, -0.1) is 0 Å². The summed E-state index contributed by atoms with van der Waals surface area (Å²) in [7, 11) is 1.97. The summed E-state index contributed by atoms with van der Waals surface area (Å²) in [6, 6.07) is 8.13. The van der Waals surface area contributed by atoms with Crippen molar-refractivity contribution in [3.05, 3.63) is 34.4 Å². The number of carboxylic acid groups (broad SMARTS) is 1. The van der Waals surface area contributed by atoms with Gasteiger partial charge in [0.15, 0.2) is 0 Å². The lowest BCUT2D eigenvalue weighted by Gasteiger charge is -2.07. The van der Waals surface area contributed by atoms with Gasteiger partial charge < -0.3 is 9.67 Å². The van der Waals surface area contributed by atoms with Crippen LogP contribution in [0.15, 0.2) is 28.7 Å². The van der Waals surface area contributed by atoms with Gasteiger partial charge in [0.25, 0.3) is 0 Å². The van der Waals surface area contributed by atoms with Gasteiger partial charge in [-0.3, -0.25) is 4.79 Å². The summed E-state index contributed by atoms with van der Waals surface area (Å²) in [4.78, 5) is 10.9. The number of benzene rings is 1. The molecule has 4 heteroatoms. The molecule has 3 nitrogen and oxygen atoms in total. The van der Waals surface area contributed by atoms with Crippen molar-refractivity contribution < 1.29 is 9.90 Å². The molecule has 2 rings (SSSR count). The Labute approximate surface area is 108 Å². The molecule has 17 heavy (non-hydrogen) atoms. The van der Waals surface area contributed by atoms with E-state index in [1.165, 1.54) is 0 Å². The summed E-state index contributed by atoms with van der Waals surface area (Å²) in [6.07, 6.45) is 0.554. The van der Waals surface area contributed by atoms with Gasteiger partial charge in [0.1, 0.15) is 0 Å². The van der Waals surface area contributed by atoms with Crippen molar-refractivity contribution in [2.75, 3.05) is 0 Å². The van der Waals surface area contributed by atoms with Gasteiger partial charge in [-0.2, -0.15) is 0 Å². The molecule has 0 bridgehead atoms. The van der Waals surface area contributed by atoms with Crippen molar-refractivity contribution in [2.45, 2.75) is 13.3 Å². The Morgan fingerprint density at radius 3 is 2.82 bits per heavy atom. The zero-order chi connectivity index (χ0) is 12.6. The van der Waals surface area contributed by atoms with E-state index in [0.29, 0.717) is 6.42 Å². The van der Waals surface area contributed by atoms with Gasteiger partial charge >= 0.3 is 5.97 Å². The molecule has 0 aliphatic rings. The maximum atomic E-state index is 10.9. The van der Waals surface area contributed by atoms with E-state index in [2.05, 4.69) is 26.6 Å². The predicted octanol–water partition coefficient (Wildman–Crippen LogP) is 3.20. The third-order valence-electron chi connectivity index (χ3n) is 3.04. The van der Waals surface area contributed by atoms with Crippen molar-refractivity contribution in [1.29, 1.82) is 0 Å². The van der Waals surface area contributed by atoms with Crippen LogP contribution >= 0.6 is 15.9 Å². The van der Waals surface area contributed by atoms with Crippen LogP contribution in [0, 0.1) is 5.92 Å². The standard InChI is InChI=1S/C13H14BrNO2/c1-8(13(16)17)5-11-6-9-3-4-10(14)7-12(9)15(11)2/h3-4,6-8H,5H2,1-2H3,(H,16,17). The van der Waals surface area contributed by atoms with E-state index in [9.17, 15) is 4.79 Å². The van der Waals surface area contributed by atoms with E-state index in [4.69, 9.17) is 5.11 Å². The summed E-state index contributed by atoms with van der Waals surface area (Å²) in [5.41, 5.74) is 2.17. The highest BCUT2D eigenvalue weighted by Crippen LogP contribution is 2.24. The molecule has 0 radical (unpaired) electrons. The number of aliphatic carboxylic acids is 1. The van der Waals surface area contributed by atoms with Crippen molar-refractivity contribution in [3.63, 3.8) is 0 Å². The van der Waals surface area contributed by atoms with Crippen LogP contribution in [0.3, 0.4) is 0 Å². The van der Waals surface area contributed by atoms with Crippen molar-refractivity contribution in [1.82, 2.24) is 4.57 Å². The summed E-state index contributed by atoms with van der Waals surface area (Å²) >= 11 is 3.44. The Morgan fingerprint density at radius 2 is 2.18 bits per heavy atom. The fraction of sp³-hybridized carbons (Fsp3) is 0.308. The highest BCUT2D eigenvalue weighted by atomic mass is 79.9. The maximum Gasteiger partial charge on any atom is 0.306 e. The molecular formula is C13H14BrNO2. The van der Waals surface area contributed by atoms with Crippen LogP contribution in [-0.2, 0) is 18.3 Å². The quantitative estimate of drug-likeness (QED) is 0.945. The fourth-order valence-corrected chi connectivity index (χ4v) is 2.31. The van der Waals surface area contributed by atoms with Gasteiger partial charge in [-0.05, 0) is 23.6 Å². The van der Waals surface area contributed by atoms with Gasteiger partial charge in [-0.25, -0.2) is 0 Å². The molecule has 1 aromatic heterocycles. The lowest BCUT2D eigenvalue weighted by Crippen LogP contribution is -2.13. The topological polar surface area (TPSA) is 42.2 Å². The number of aromatic nitrogens is 1. The van der Waals surface area contributed by atoms with Crippen LogP contribution in [0.5, 0.6) is 0 Å². The number of carboxylic acids is 1. The molecule has 90 valence electrons. The number of aryl methyl sites for hydroxylation is 1. The molecule has 1 atom stereocenters. The Kier molecular flexibility index (Phi) is 3.24. The van der Waals surface area contributed by atoms with Crippen LogP contribution in [0.2, 0.25) is 0 Å². The molecule has 1 aromatic carbocycles. The molecule has 2 aromatic rings. The van der Waals surface area contributed by atoms with Crippen molar-refractivity contribution in [2.24, 2.45) is 13.0 Å². The Balaban J connectivity index is 2.42. The number of halogens is 1. The molecular weight excluding hydrogens is 282 g/mol. The number of fused-ring (bicyclic) bond motifs is 1. The first-order valence-corrected chi connectivity index (χ1v) is 6.25. The third-order valence-corrected chi connectivity index (χ3v) is 3.54. The zero-order valence-corrected chi connectivity index (χ0v) is 11.4. The molecule has 0 saturated carbocycles. The molecule has 1 N–H and O–H groups in total. The van der Waals surface area contributed by atoms with Crippen LogP contribution in [0.4, 0.5) is 0 Å². The van der Waals surface area contributed by atoms with E-state index in [1.807, 2.05) is 25.2 Å². The van der Waals surface area contributed by atoms with Gasteiger partial charge in [0.2, 0.25) is 0 Å². The zero-order valence-electron chi connectivity index (χ0n) is 9.77. The van der Waals surface area contributed by atoms with Crippen LogP contribution in [0.25, 0.3) is 10.9 Å². The first-order chi connectivity index (χ1) is 7.99. The summed E-state index contributed by atoms with van der Waals surface area (Å²) in [5.74, 6) is -1.11. The lowest BCUT2D eigenvalue weighted by molar-refractivity contribution is -0.141. The molecule has 0 aliphatic carbocycles. The van der Waals surface area contributed by atoms with E-state index in [1.54, 1.807) is 6.92 Å². The Morgan fingerprint density at radius 1 is 1.47 bits per heavy atom. The smallest absolute Gasteiger partial charge is 0.306 e. The summed E-state index contributed by atoms with van der Waals surface area (Å²) < 4.78 is 3.09. The van der Waals surface area contributed by atoms with E-state index in [0.717, 1.165) is 21.1 Å². The number of carbonyl (C=O) groups is 1. The van der Waals surface area contributed by atoms with Gasteiger partial charge in [0.05, 0.1) is 5.92 Å². The van der Waals surface area contributed by atoms with Crippen molar-refractivity contribution in [3.8, 4) is 0 Å². The van der Waals surface area contributed by atoms with Crippen LogP contribution in [0.1, 0.15) is 12.6 Å². The van der Waals surface area contributed by atoms with Crippen LogP contribution < -0.4 is 0 Å². The Bertz CT molecular complexity index is 574. The van der Waals surface area contributed by atoms with Gasteiger partial charge in [0, 0.05) is 29.2 Å². The third kappa shape index (κ3) is 2.36. The second-order valence-corrected chi connectivity index (χ2v) is 5.26. The molecule has 0 fully saturated rings. The van der Waals surface area contributed by atoms with E-state index >= 15 is 0 Å². The summed E-state index contributed by atoms with van der Waals surface area (Å²) in [5, 5.41) is 10.1. The number of nitrogens with zero attached hydrogens (tertiary/aromatic N) is 1. The Hall–Kier alpha value is -1.29. The first kappa shape index (κ1) is 12.2. The maximum absolute atomic E-state index is 10.9. The number of rotatable bonds is 3. The monoisotopic (exact) mass is 295 g/mol. The number of hydrogen-bond donors (Lipinski definition) is 1. The second-order valence-electron chi connectivity index (χ2n) is 4.34. The van der Waals surface area contributed by atoms with Crippen molar-refractivity contribution >= 4 is 32.8 Å². The number of hydrogen-bond acceptors (Lipinski definition) is 1. The highest BCUT2D eigenvalue weighted by Gasteiger charge is 2.15. The average molecular weight is 296 g/mol. The van der Waals surface area contributed by atoms with E-state index < -0.39 is 5.97 Å². The fourth-order valence-electron chi connectivity index (χ4n) is 1.96. The molecule has 1 unspecified atom stereocenters. The van der Waals surface area contributed by atoms with E-state index in [-0.39, 0.29) is 5.92 Å². The summed E-state index contributed by atoms with van der Waals surface area (Å²) in [6.45, 7) is 1.73. The molecule has 0 amide bonds. The molecule has 1 heterocycles. The normalized spacial score (nSPS) is 12.9. The highest BCUT2D eigenvalue weighted by molar-refractivity contribution is 9.10. The minimum absolute atomic E-state index is 0.360. The molecule has 0 saturated heterocycles. The molecule has 0 aliphatic heterocycles. The second kappa shape index (κ2) is 4.53. The predicted molar refractivity (Wildman–Crippen MR) is 71.1 cm³/mol.